The molecule has 0 radical (unpaired) electrons. The van der Waals surface area contributed by atoms with E-state index in [9.17, 15) is 4.39 Å². The lowest BCUT2D eigenvalue weighted by Crippen LogP contribution is -2.11. The Labute approximate surface area is 156 Å². The zero-order valence-corrected chi connectivity index (χ0v) is 15.6. The van der Waals surface area contributed by atoms with Crippen LogP contribution in [0.3, 0.4) is 0 Å². The van der Waals surface area contributed by atoms with E-state index in [1.807, 2.05) is 0 Å². The van der Waals surface area contributed by atoms with Gasteiger partial charge in [0, 0.05) is 41.2 Å². The highest BCUT2D eigenvalue weighted by Crippen LogP contribution is 2.40. The first kappa shape index (κ1) is 17.4. The Kier molecular flexibility index (Phi) is 4.05. The molecule has 0 aliphatic heterocycles. The Balaban J connectivity index is 1.60. The Morgan fingerprint density at radius 3 is 2.85 bits per heavy atom. The molecule has 3 heterocycles. The lowest BCUT2D eigenvalue weighted by Gasteiger charge is -2.15. The number of aromatic amines is 1. The number of anilines is 2. The fraction of sp³-hybridized carbons (Fsp3) is 0.368. The van der Waals surface area contributed by atoms with Crippen LogP contribution in [-0.4, -0.2) is 25.1 Å². The second-order valence-corrected chi connectivity index (χ2v) is 7.79. The number of nitrogens with two attached hydrogens (primary N) is 1. The van der Waals surface area contributed by atoms with Gasteiger partial charge in [-0.2, -0.15) is 9.49 Å². The molecule has 1 aliphatic rings. The Hall–Kier alpha value is -3.03. The second-order valence-electron chi connectivity index (χ2n) is 7.79. The first-order chi connectivity index (χ1) is 12.8. The van der Waals surface area contributed by atoms with Gasteiger partial charge < -0.3 is 11.1 Å². The fourth-order valence-electron chi connectivity index (χ4n) is 3.55. The molecule has 0 fully saturated rings. The first-order valence-electron chi connectivity index (χ1n) is 8.87. The smallest absolute Gasteiger partial charge is 0.215 e. The minimum Gasteiger partial charge on any atom is -0.383 e. The number of rotatable bonds is 4. The monoisotopic (exact) mass is 367 g/mol. The van der Waals surface area contributed by atoms with Crippen LogP contribution in [0.25, 0.3) is 11.3 Å². The van der Waals surface area contributed by atoms with Crippen molar-refractivity contribution in [2.45, 2.75) is 40.2 Å². The minimum atomic E-state index is -0.558. The van der Waals surface area contributed by atoms with Crippen LogP contribution in [0, 0.1) is 18.3 Å². The maximum absolute atomic E-state index is 14.1. The lowest BCUT2D eigenvalue weighted by molar-refractivity contribution is 0.388. The maximum atomic E-state index is 14.1. The number of aryl methyl sites for hydroxylation is 1. The molecule has 27 heavy (non-hydrogen) atoms. The van der Waals surface area contributed by atoms with Crippen LogP contribution in [0.2, 0.25) is 0 Å². The number of pyridine rings is 1. The quantitative estimate of drug-likeness (QED) is 0.612. The molecule has 140 valence electrons. The number of hydrogen-bond acceptors (Lipinski definition) is 6. The third-order valence-electron chi connectivity index (χ3n) is 4.81. The number of hydrogen-bond donors (Lipinski definition) is 3. The van der Waals surface area contributed by atoms with Gasteiger partial charge in [-0.25, -0.2) is 15.0 Å². The predicted octanol–water partition coefficient (Wildman–Crippen LogP) is 3.03. The third-order valence-corrected chi connectivity index (χ3v) is 4.81. The van der Waals surface area contributed by atoms with Gasteiger partial charge in [-0.3, -0.25) is 5.10 Å². The largest absolute Gasteiger partial charge is 0.383 e. The molecule has 3 aromatic rings. The average Bonchev–Trinajstić information content (AvgIpc) is 3.08. The topological polar surface area (TPSA) is 105 Å². The molecule has 3 aromatic heterocycles. The summed E-state index contributed by atoms with van der Waals surface area (Å²) in [5, 5.41) is 10.6. The van der Waals surface area contributed by atoms with E-state index in [0.29, 0.717) is 29.6 Å². The van der Waals surface area contributed by atoms with E-state index in [-0.39, 0.29) is 5.41 Å². The molecule has 0 aromatic carbocycles. The van der Waals surface area contributed by atoms with Crippen LogP contribution in [0.1, 0.15) is 36.5 Å². The van der Waals surface area contributed by atoms with Crippen molar-refractivity contribution in [3.63, 3.8) is 0 Å². The summed E-state index contributed by atoms with van der Waals surface area (Å²) in [7, 11) is 0. The van der Waals surface area contributed by atoms with Crippen LogP contribution >= 0.6 is 0 Å². The van der Waals surface area contributed by atoms with Gasteiger partial charge in [-0.1, -0.05) is 13.8 Å². The van der Waals surface area contributed by atoms with Crippen molar-refractivity contribution in [1.29, 1.82) is 0 Å². The van der Waals surface area contributed by atoms with Gasteiger partial charge in [0.15, 0.2) is 0 Å². The summed E-state index contributed by atoms with van der Waals surface area (Å²) in [6.07, 6.45) is 3.52. The molecule has 0 amide bonds. The van der Waals surface area contributed by atoms with Gasteiger partial charge in [0.1, 0.15) is 17.5 Å². The molecule has 0 atom stereocenters. The minimum absolute atomic E-state index is 0.189. The highest BCUT2D eigenvalue weighted by Gasteiger charge is 2.32. The van der Waals surface area contributed by atoms with E-state index in [0.717, 1.165) is 35.4 Å². The number of H-pyrrole nitrogens is 1. The number of aromatic nitrogens is 5. The predicted molar refractivity (Wildman–Crippen MR) is 101 cm³/mol. The number of nitrogens with zero attached hydrogens (tertiary/aromatic N) is 4. The van der Waals surface area contributed by atoms with Gasteiger partial charge in [-0.15, -0.1) is 0 Å². The molecule has 4 rings (SSSR count). The number of fused-ring (bicyclic) bond motifs is 1. The molecule has 0 unspecified atom stereocenters. The summed E-state index contributed by atoms with van der Waals surface area (Å²) in [5.74, 6) is 0.868. The molecule has 0 bridgehead atoms. The van der Waals surface area contributed by atoms with Crippen molar-refractivity contribution in [2.75, 3.05) is 11.1 Å². The van der Waals surface area contributed by atoms with Gasteiger partial charge in [0.25, 0.3) is 0 Å². The lowest BCUT2D eigenvalue weighted by atomic mass is 9.90. The normalized spacial score (nSPS) is 15.0. The van der Waals surface area contributed by atoms with E-state index in [4.69, 9.17) is 5.73 Å². The molecule has 0 saturated carbocycles. The maximum Gasteiger partial charge on any atom is 0.215 e. The molecule has 7 nitrogen and oxygen atoms in total. The highest BCUT2D eigenvalue weighted by molar-refractivity contribution is 5.68. The van der Waals surface area contributed by atoms with Crippen molar-refractivity contribution in [2.24, 2.45) is 5.41 Å². The summed E-state index contributed by atoms with van der Waals surface area (Å²) in [6.45, 7) is 6.57. The second kappa shape index (κ2) is 6.29. The Bertz CT molecular complexity index is 1010. The van der Waals surface area contributed by atoms with Crippen molar-refractivity contribution in [1.82, 2.24) is 25.1 Å². The summed E-state index contributed by atoms with van der Waals surface area (Å²) >= 11 is 0. The van der Waals surface area contributed by atoms with Crippen LogP contribution in [0.4, 0.5) is 16.0 Å². The molecule has 1 aliphatic carbocycles. The van der Waals surface area contributed by atoms with Gasteiger partial charge in [0.05, 0.1) is 5.69 Å². The highest BCUT2D eigenvalue weighted by atomic mass is 19.1. The fourth-order valence-corrected chi connectivity index (χ4v) is 3.55. The van der Waals surface area contributed by atoms with E-state index in [1.165, 1.54) is 6.07 Å². The number of halogens is 1. The third kappa shape index (κ3) is 3.47. The zero-order valence-electron chi connectivity index (χ0n) is 15.6. The van der Waals surface area contributed by atoms with Crippen LogP contribution in [0.5, 0.6) is 0 Å². The average molecular weight is 367 g/mol. The SMILES string of the molecule is Cc1ncc(CNc2cc(-c3n[nH]c4c3CC(C)(C)C4)cc(F)n2)c(N)n1. The standard InChI is InChI=1S/C19H22FN7/c1-10-22-8-12(18(21)24-10)9-23-16-5-11(4-15(20)25-16)17-13-6-19(2,3)7-14(13)26-27-17/h4-5,8H,6-7,9H2,1-3H3,(H,23,25)(H,26,27)(H2,21,22,24). The van der Waals surface area contributed by atoms with Gasteiger partial charge in [-0.05, 0) is 31.2 Å². The number of nitrogens with one attached hydrogen (secondary N) is 2. The van der Waals surface area contributed by atoms with E-state index in [1.54, 1.807) is 19.2 Å². The first-order valence-corrected chi connectivity index (χ1v) is 8.87. The molecule has 0 spiro atoms. The molecular formula is C19H22FN7. The summed E-state index contributed by atoms with van der Waals surface area (Å²) in [5.41, 5.74) is 10.6. The molecular weight excluding hydrogens is 345 g/mol. The summed E-state index contributed by atoms with van der Waals surface area (Å²) in [4.78, 5) is 12.2. The van der Waals surface area contributed by atoms with Gasteiger partial charge in [0.2, 0.25) is 5.95 Å². The van der Waals surface area contributed by atoms with Crippen molar-refractivity contribution in [3.05, 3.63) is 46.9 Å². The number of nitrogen functional groups attached to an aromatic ring is 1. The molecule has 0 saturated heterocycles. The van der Waals surface area contributed by atoms with E-state index < -0.39 is 5.95 Å². The summed E-state index contributed by atoms with van der Waals surface area (Å²) in [6, 6.07) is 3.21. The van der Waals surface area contributed by atoms with Crippen molar-refractivity contribution in [3.8, 4) is 11.3 Å². The van der Waals surface area contributed by atoms with Crippen molar-refractivity contribution >= 4 is 11.6 Å². The molecule has 8 heteroatoms. The van der Waals surface area contributed by atoms with Crippen LogP contribution < -0.4 is 11.1 Å². The Morgan fingerprint density at radius 2 is 2.07 bits per heavy atom. The van der Waals surface area contributed by atoms with Crippen LogP contribution in [0.15, 0.2) is 18.3 Å². The van der Waals surface area contributed by atoms with E-state index in [2.05, 4.69) is 44.3 Å². The summed E-state index contributed by atoms with van der Waals surface area (Å²) < 4.78 is 14.1. The molecule has 4 N–H and O–H groups in total. The van der Waals surface area contributed by atoms with E-state index >= 15 is 0 Å². The Morgan fingerprint density at radius 1 is 1.26 bits per heavy atom. The van der Waals surface area contributed by atoms with Crippen molar-refractivity contribution < 1.29 is 4.39 Å². The van der Waals surface area contributed by atoms with Crippen LogP contribution in [-0.2, 0) is 19.4 Å². The zero-order chi connectivity index (χ0) is 19.2. The van der Waals surface area contributed by atoms with Gasteiger partial charge >= 0.3 is 0 Å².